The van der Waals surface area contributed by atoms with Gasteiger partial charge in [-0.2, -0.15) is 0 Å². The minimum absolute atomic E-state index is 0.471. The molecule has 4 rings (SSSR count). The van der Waals surface area contributed by atoms with E-state index in [0.717, 1.165) is 48.8 Å². The monoisotopic (exact) mass is 374 g/mol. The molecule has 0 aliphatic rings. The highest BCUT2D eigenvalue weighted by Crippen LogP contribution is 2.19. The molecule has 0 spiro atoms. The van der Waals surface area contributed by atoms with Crippen LogP contribution in [0.1, 0.15) is 30.1 Å². The van der Waals surface area contributed by atoms with Crippen LogP contribution in [0, 0.1) is 13.8 Å². The van der Waals surface area contributed by atoms with Crippen molar-refractivity contribution in [3.63, 3.8) is 0 Å². The number of aromatic nitrogens is 4. The van der Waals surface area contributed by atoms with Gasteiger partial charge in [-0.1, -0.05) is 29.8 Å². The number of ether oxygens (including phenoxy) is 1. The Balaban J connectivity index is 1.45. The van der Waals surface area contributed by atoms with E-state index in [4.69, 9.17) is 9.72 Å². The van der Waals surface area contributed by atoms with Gasteiger partial charge in [0, 0.05) is 25.5 Å². The van der Waals surface area contributed by atoms with Crippen LogP contribution in [0.3, 0.4) is 0 Å². The number of benzene rings is 2. The van der Waals surface area contributed by atoms with Crippen molar-refractivity contribution in [2.75, 3.05) is 0 Å². The Morgan fingerprint density at radius 2 is 1.71 bits per heavy atom. The second kappa shape index (κ2) is 8.30. The number of rotatable bonds is 8. The third-order valence-electron chi connectivity index (χ3n) is 5.08. The normalized spacial score (nSPS) is 11.2. The van der Waals surface area contributed by atoms with Crippen molar-refractivity contribution in [3.8, 4) is 5.75 Å². The van der Waals surface area contributed by atoms with Gasteiger partial charge in [0.15, 0.2) is 0 Å². The molecule has 0 aliphatic heterocycles. The van der Waals surface area contributed by atoms with Crippen LogP contribution in [0.5, 0.6) is 5.75 Å². The van der Waals surface area contributed by atoms with Crippen molar-refractivity contribution < 1.29 is 4.74 Å². The summed E-state index contributed by atoms with van der Waals surface area (Å²) >= 11 is 0. The molecule has 0 amide bonds. The van der Waals surface area contributed by atoms with E-state index in [2.05, 4.69) is 51.4 Å². The Morgan fingerprint density at radius 1 is 0.929 bits per heavy atom. The Bertz CT molecular complexity index is 1050. The molecule has 4 aromatic rings. The molecule has 0 bridgehead atoms. The smallest absolute Gasteiger partial charge is 0.147 e. The van der Waals surface area contributed by atoms with Gasteiger partial charge in [0.05, 0.1) is 11.0 Å². The highest BCUT2D eigenvalue weighted by molar-refractivity contribution is 5.75. The standard InChI is InChI=1S/C23H26N4O/c1-18-9-11-20(12-10-18)28-17-23-25-21-7-3-4-8-22(21)27(23)15-6-5-14-26-16-13-24-19(26)2/h3-4,7-13,16H,5-6,14-15,17H2,1-2H3. The fraction of sp³-hybridized carbons (Fsp3) is 0.304. The quantitative estimate of drug-likeness (QED) is 0.412. The van der Waals surface area contributed by atoms with Crippen LogP contribution in [0.15, 0.2) is 60.9 Å². The highest BCUT2D eigenvalue weighted by Gasteiger charge is 2.11. The molecule has 5 nitrogen and oxygen atoms in total. The summed E-state index contributed by atoms with van der Waals surface area (Å²) in [4.78, 5) is 9.10. The minimum atomic E-state index is 0.471. The zero-order valence-electron chi connectivity index (χ0n) is 16.5. The van der Waals surface area contributed by atoms with Crippen LogP contribution in [-0.4, -0.2) is 19.1 Å². The number of hydrogen-bond donors (Lipinski definition) is 0. The second-order valence-electron chi connectivity index (χ2n) is 7.15. The largest absolute Gasteiger partial charge is 0.486 e. The Labute approximate surface area is 165 Å². The first-order chi connectivity index (χ1) is 13.7. The lowest BCUT2D eigenvalue weighted by Crippen LogP contribution is -2.08. The Hall–Kier alpha value is -3.08. The summed E-state index contributed by atoms with van der Waals surface area (Å²) < 4.78 is 10.5. The number of para-hydroxylation sites is 2. The molecule has 144 valence electrons. The van der Waals surface area contributed by atoms with E-state index in [0.29, 0.717) is 6.61 Å². The van der Waals surface area contributed by atoms with Crippen LogP contribution >= 0.6 is 0 Å². The van der Waals surface area contributed by atoms with Crippen LogP contribution in [0.4, 0.5) is 0 Å². The van der Waals surface area contributed by atoms with Gasteiger partial charge < -0.3 is 13.9 Å². The average molecular weight is 374 g/mol. The predicted molar refractivity (Wildman–Crippen MR) is 111 cm³/mol. The molecule has 28 heavy (non-hydrogen) atoms. The third-order valence-corrected chi connectivity index (χ3v) is 5.08. The molecule has 5 heteroatoms. The zero-order chi connectivity index (χ0) is 19.3. The van der Waals surface area contributed by atoms with Gasteiger partial charge in [-0.15, -0.1) is 0 Å². The van der Waals surface area contributed by atoms with E-state index in [9.17, 15) is 0 Å². The van der Waals surface area contributed by atoms with Gasteiger partial charge in [0.25, 0.3) is 0 Å². The molecular weight excluding hydrogens is 348 g/mol. The first kappa shape index (κ1) is 18.3. The molecule has 0 aliphatic carbocycles. The van der Waals surface area contributed by atoms with E-state index < -0.39 is 0 Å². The van der Waals surface area contributed by atoms with Gasteiger partial charge in [0.1, 0.15) is 24.0 Å². The summed E-state index contributed by atoms with van der Waals surface area (Å²) in [5.41, 5.74) is 3.42. The predicted octanol–water partition coefficient (Wildman–Crippen LogP) is 4.91. The van der Waals surface area contributed by atoms with E-state index in [-0.39, 0.29) is 0 Å². The summed E-state index contributed by atoms with van der Waals surface area (Å²) in [5, 5.41) is 0. The van der Waals surface area contributed by atoms with Crippen molar-refractivity contribution in [2.45, 2.75) is 46.4 Å². The van der Waals surface area contributed by atoms with Crippen molar-refractivity contribution in [3.05, 3.63) is 78.1 Å². The summed E-state index contributed by atoms with van der Waals surface area (Å²) in [5.74, 6) is 2.92. The lowest BCUT2D eigenvalue weighted by atomic mass is 10.2. The maximum absolute atomic E-state index is 6.00. The molecule has 2 aromatic heterocycles. The van der Waals surface area contributed by atoms with Crippen molar-refractivity contribution in [1.29, 1.82) is 0 Å². The number of hydrogen-bond acceptors (Lipinski definition) is 3. The van der Waals surface area contributed by atoms with Crippen LogP contribution in [0.25, 0.3) is 11.0 Å². The Kier molecular flexibility index (Phi) is 5.42. The summed E-state index contributed by atoms with van der Waals surface area (Å²) in [6.45, 7) is 6.52. The van der Waals surface area contributed by atoms with Gasteiger partial charge in [-0.05, 0) is 51.0 Å². The number of aryl methyl sites for hydroxylation is 4. The number of imidazole rings is 2. The first-order valence-corrected chi connectivity index (χ1v) is 9.82. The van der Waals surface area contributed by atoms with E-state index >= 15 is 0 Å². The summed E-state index contributed by atoms with van der Waals surface area (Å²) in [7, 11) is 0. The molecule has 2 heterocycles. The summed E-state index contributed by atoms with van der Waals surface area (Å²) in [6, 6.07) is 16.5. The van der Waals surface area contributed by atoms with Crippen molar-refractivity contribution in [2.24, 2.45) is 0 Å². The fourth-order valence-corrected chi connectivity index (χ4v) is 3.46. The summed E-state index contributed by atoms with van der Waals surface area (Å²) in [6.07, 6.45) is 6.08. The molecule has 0 fully saturated rings. The lowest BCUT2D eigenvalue weighted by molar-refractivity contribution is 0.289. The van der Waals surface area contributed by atoms with Gasteiger partial charge in [-0.3, -0.25) is 0 Å². The molecule has 0 N–H and O–H groups in total. The van der Waals surface area contributed by atoms with E-state index in [1.165, 1.54) is 11.1 Å². The molecule has 0 unspecified atom stereocenters. The molecule has 0 saturated heterocycles. The van der Waals surface area contributed by atoms with Crippen molar-refractivity contribution >= 4 is 11.0 Å². The van der Waals surface area contributed by atoms with Crippen LogP contribution in [0.2, 0.25) is 0 Å². The molecule has 0 radical (unpaired) electrons. The topological polar surface area (TPSA) is 44.9 Å². The van der Waals surface area contributed by atoms with E-state index in [1.807, 2.05) is 37.5 Å². The number of fused-ring (bicyclic) bond motifs is 1. The second-order valence-corrected chi connectivity index (χ2v) is 7.15. The first-order valence-electron chi connectivity index (χ1n) is 9.82. The maximum Gasteiger partial charge on any atom is 0.147 e. The minimum Gasteiger partial charge on any atom is -0.486 e. The average Bonchev–Trinajstić information content (AvgIpc) is 3.28. The fourth-order valence-electron chi connectivity index (χ4n) is 3.46. The Morgan fingerprint density at radius 3 is 2.50 bits per heavy atom. The van der Waals surface area contributed by atoms with Gasteiger partial charge in [-0.25, -0.2) is 9.97 Å². The number of nitrogens with zero attached hydrogens (tertiary/aromatic N) is 4. The van der Waals surface area contributed by atoms with Gasteiger partial charge >= 0.3 is 0 Å². The maximum atomic E-state index is 6.00. The van der Waals surface area contributed by atoms with Crippen LogP contribution in [-0.2, 0) is 19.7 Å². The molecule has 0 saturated carbocycles. The van der Waals surface area contributed by atoms with E-state index in [1.54, 1.807) is 0 Å². The lowest BCUT2D eigenvalue weighted by Gasteiger charge is -2.11. The number of unbranched alkanes of at least 4 members (excludes halogenated alkanes) is 1. The van der Waals surface area contributed by atoms with Crippen LogP contribution < -0.4 is 4.74 Å². The highest BCUT2D eigenvalue weighted by atomic mass is 16.5. The SMILES string of the molecule is Cc1ccc(OCc2nc3ccccc3n2CCCCn2ccnc2C)cc1. The third kappa shape index (κ3) is 4.09. The molecule has 2 aromatic carbocycles. The zero-order valence-corrected chi connectivity index (χ0v) is 16.5. The van der Waals surface area contributed by atoms with Gasteiger partial charge in [0.2, 0.25) is 0 Å². The van der Waals surface area contributed by atoms with Crippen molar-refractivity contribution in [1.82, 2.24) is 19.1 Å². The molecule has 0 atom stereocenters. The molecular formula is C23H26N4O.